The molecule has 20 heavy (non-hydrogen) atoms. The van der Waals surface area contributed by atoms with Crippen molar-refractivity contribution in [3.63, 3.8) is 0 Å². The van der Waals surface area contributed by atoms with Gasteiger partial charge in [0.25, 0.3) is 0 Å². The van der Waals surface area contributed by atoms with Crippen LogP contribution in [0.15, 0.2) is 24.3 Å². The van der Waals surface area contributed by atoms with E-state index in [9.17, 15) is 4.79 Å². The van der Waals surface area contributed by atoms with Crippen LogP contribution >= 0.6 is 0 Å². The van der Waals surface area contributed by atoms with Crippen LogP contribution in [-0.2, 0) is 6.42 Å². The molecule has 2 aliphatic rings. The minimum absolute atomic E-state index is 0.286. The first-order chi connectivity index (χ1) is 9.74. The summed E-state index contributed by atoms with van der Waals surface area (Å²) < 4.78 is 0. The van der Waals surface area contributed by atoms with Gasteiger partial charge in [0.05, 0.1) is 6.54 Å². The van der Waals surface area contributed by atoms with Gasteiger partial charge in [0.15, 0.2) is 5.78 Å². The molecule has 0 bridgehead atoms. The molecule has 0 aliphatic heterocycles. The van der Waals surface area contributed by atoms with E-state index in [2.05, 4.69) is 24.0 Å². The van der Waals surface area contributed by atoms with Crippen LogP contribution in [0, 0.1) is 11.8 Å². The van der Waals surface area contributed by atoms with Gasteiger partial charge < -0.3 is 0 Å². The third-order valence-corrected chi connectivity index (χ3v) is 4.48. The number of Topliss-reactive ketones (excluding diaryl/α,β-unsaturated/α-hetero) is 1. The first kappa shape index (κ1) is 13.8. The molecule has 108 valence electrons. The van der Waals surface area contributed by atoms with Crippen LogP contribution in [0.4, 0.5) is 0 Å². The van der Waals surface area contributed by atoms with Crippen molar-refractivity contribution in [2.75, 3.05) is 19.6 Å². The molecule has 0 unspecified atom stereocenters. The molecule has 1 aromatic carbocycles. The van der Waals surface area contributed by atoms with Gasteiger partial charge in [-0.2, -0.15) is 0 Å². The Kier molecular flexibility index (Phi) is 4.21. The third kappa shape index (κ3) is 3.92. The van der Waals surface area contributed by atoms with Gasteiger partial charge in [-0.1, -0.05) is 31.2 Å². The van der Waals surface area contributed by atoms with Crippen molar-refractivity contribution < 1.29 is 4.79 Å². The zero-order valence-electron chi connectivity index (χ0n) is 12.5. The summed E-state index contributed by atoms with van der Waals surface area (Å²) in [7, 11) is 0. The van der Waals surface area contributed by atoms with Crippen molar-refractivity contribution in [3.8, 4) is 0 Å². The van der Waals surface area contributed by atoms with E-state index < -0.39 is 0 Å². The molecule has 2 aliphatic carbocycles. The summed E-state index contributed by atoms with van der Waals surface area (Å²) in [6, 6.07) is 8.15. The Morgan fingerprint density at radius 2 is 1.60 bits per heavy atom. The lowest BCUT2D eigenvalue weighted by Crippen LogP contribution is -2.33. The van der Waals surface area contributed by atoms with Crippen LogP contribution in [0.5, 0.6) is 0 Å². The van der Waals surface area contributed by atoms with Gasteiger partial charge in [0.2, 0.25) is 0 Å². The Morgan fingerprint density at radius 1 is 1.05 bits per heavy atom. The van der Waals surface area contributed by atoms with E-state index in [-0.39, 0.29) is 5.78 Å². The summed E-state index contributed by atoms with van der Waals surface area (Å²) in [6.07, 6.45) is 6.48. The van der Waals surface area contributed by atoms with Crippen molar-refractivity contribution in [2.24, 2.45) is 11.8 Å². The molecule has 0 N–H and O–H groups in total. The second-order valence-corrected chi connectivity index (χ2v) is 6.55. The minimum Gasteiger partial charge on any atom is -0.295 e. The number of ketones is 1. The largest absolute Gasteiger partial charge is 0.295 e. The number of hydrogen-bond donors (Lipinski definition) is 0. The molecular formula is C18H25NO. The highest BCUT2D eigenvalue weighted by Crippen LogP contribution is 2.33. The zero-order chi connectivity index (χ0) is 13.9. The fraction of sp³-hybridized carbons (Fsp3) is 0.611. The molecule has 0 radical (unpaired) electrons. The van der Waals surface area contributed by atoms with E-state index in [1.807, 2.05) is 12.1 Å². The first-order valence-electron chi connectivity index (χ1n) is 8.09. The second-order valence-electron chi connectivity index (χ2n) is 6.55. The number of rotatable bonds is 8. The fourth-order valence-corrected chi connectivity index (χ4v) is 2.76. The van der Waals surface area contributed by atoms with Gasteiger partial charge in [-0.25, -0.2) is 0 Å². The van der Waals surface area contributed by atoms with E-state index >= 15 is 0 Å². The van der Waals surface area contributed by atoms with Crippen LogP contribution in [-0.4, -0.2) is 30.3 Å². The number of benzene rings is 1. The Hall–Kier alpha value is -1.15. The molecule has 3 rings (SSSR count). The normalized spacial score (nSPS) is 18.5. The van der Waals surface area contributed by atoms with Crippen molar-refractivity contribution in [1.29, 1.82) is 0 Å². The highest BCUT2D eigenvalue weighted by atomic mass is 16.1. The van der Waals surface area contributed by atoms with Gasteiger partial charge in [0, 0.05) is 18.7 Å². The van der Waals surface area contributed by atoms with Crippen LogP contribution < -0.4 is 0 Å². The highest BCUT2D eigenvalue weighted by molar-refractivity contribution is 5.97. The van der Waals surface area contributed by atoms with Gasteiger partial charge in [-0.15, -0.1) is 0 Å². The predicted octanol–water partition coefficient (Wildman–Crippen LogP) is 3.55. The molecule has 2 heteroatoms. The van der Waals surface area contributed by atoms with Crippen LogP contribution in [0.2, 0.25) is 0 Å². The van der Waals surface area contributed by atoms with Crippen molar-refractivity contribution >= 4 is 5.78 Å². The molecule has 0 aromatic heterocycles. The number of nitrogens with zero attached hydrogens (tertiary/aromatic N) is 1. The van der Waals surface area contributed by atoms with Crippen molar-refractivity contribution in [3.05, 3.63) is 35.4 Å². The predicted molar refractivity (Wildman–Crippen MR) is 82.0 cm³/mol. The maximum absolute atomic E-state index is 12.4. The Morgan fingerprint density at radius 3 is 2.05 bits per heavy atom. The quantitative estimate of drug-likeness (QED) is 0.674. The van der Waals surface area contributed by atoms with E-state index in [4.69, 9.17) is 0 Å². The summed E-state index contributed by atoms with van der Waals surface area (Å²) in [4.78, 5) is 14.8. The van der Waals surface area contributed by atoms with E-state index in [0.717, 1.165) is 36.9 Å². The Bertz CT molecular complexity index is 443. The van der Waals surface area contributed by atoms with Gasteiger partial charge >= 0.3 is 0 Å². The maximum atomic E-state index is 12.4. The zero-order valence-corrected chi connectivity index (χ0v) is 12.5. The van der Waals surface area contributed by atoms with Crippen LogP contribution in [0.3, 0.4) is 0 Å². The SMILES string of the molecule is CCc1ccc(C(=O)CN(CC2CC2)CC2CC2)cc1. The van der Waals surface area contributed by atoms with E-state index in [1.54, 1.807) is 0 Å². The molecular weight excluding hydrogens is 246 g/mol. The fourth-order valence-electron chi connectivity index (χ4n) is 2.76. The molecule has 0 saturated heterocycles. The number of carbonyl (C=O) groups is 1. The molecule has 2 nitrogen and oxygen atoms in total. The Labute approximate surface area is 122 Å². The van der Waals surface area contributed by atoms with Crippen molar-refractivity contribution in [2.45, 2.75) is 39.0 Å². The lowest BCUT2D eigenvalue weighted by molar-refractivity contribution is 0.0924. The molecule has 0 amide bonds. The average molecular weight is 271 g/mol. The summed E-state index contributed by atoms with van der Waals surface area (Å²) in [5.74, 6) is 2.02. The van der Waals surface area contributed by atoms with Gasteiger partial charge in [-0.3, -0.25) is 9.69 Å². The van der Waals surface area contributed by atoms with Gasteiger partial charge in [0.1, 0.15) is 0 Å². The molecule has 2 fully saturated rings. The summed E-state index contributed by atoms with van der Waals surface area (Å²) in [5.41, 5.74) is 2.17. The van der Waals surface area contributed by atoms with Crippen LogP contribution in [0.25, 0.3) is 0 Å². The van der Waals surface area contributed by atoms with E-state index in [0.29, 0.717) is 6.54 Å². The maximum Gasteiger partial charge on any atom is 0.176 e. The van der Waals surface area contributed by atoms with Gasteiger partial charge in [-0.05, 0) is 49.5 Å². The topological polar surface area (TPSA) is 20.3 Å². The van der Waals surface area contributed by atoms with Crippen molar-refractivity contribution in [1.82, 2.24) is 4.90 Å². The standard InChI is InChI=1S/C18H25NO/c1-2-14-7-9-17(10-8-14)18(20)13-19(11-15-3-4-15)12-16-5-6-16/h7-10,15-16H,2-6,11-13H2,1H3. The minimum atomic E-state index is 0.286. The first-order valence-corrected chi connectivity index (χ1v) is 8.09. The number of aryl methyl sites for hydroxylation is 1. The third-order valence-electron chi connectivity index (χ3n) is 4.48. The lowest BCUT2D eigenvalue weighted by Gasteiger charge is -2.21. The molecule has 0 atom stereocenters. The summed E-state index contributed by atoms with van der Waals surface area (Å²) >= 11 is 0. The highest BCUT2D eigenvalue weighted by Gasteiger charge is 2.30. The summed E-state index contributed by atoms with van der Waals surface area (Å²) in [6.45, 7) is 5.02. The monoisotopic (exact) mass is 271 g/mol. The summed E-state index contributed by atoms with van der Waals surface area (Å²) in [5, 5.41) is 0. The smallest absolute Gasteiger partial charge is 0.176 e. The van der Waals surface area contributed by atoms with Crippen LogP contribution in [0.1, 0.15) is 48.5 Å². The molecule has 1 aromatic rings. The number of hydrogen-bond acceptors (Lipinski definition) is 2. The second kappa shape index (κ2) is 6.09. The lowest BCUT2D eigenvalue weighted by atomic mass is 10.1. The molecule has 2 saturated carbocycles. The molecule has 0 heterocycles. The molecule has 0 spiro atoms. The van der Waals surface area contributed by atoms with E-state index in [1.165, 1.54) is 31.2 Å². The Balaban J connectivity index is 1.58. The average Bonchev–Trinajstić information content (AvgIpc) is 3.35. The number of carbonyl (C=O) groups excluding carboxylic acids is 1.